The van der Waals surface area contributed by atoms with Gasteiger partial charge in [0.15, 0.2) is 0 Å². The quantitative estimate of drug-likeness (QED) is 0.784. The summed E-state index contributed by atoms with van der Waals surface area (Å²) in [6, 6.07) is 1.90. The number of nitrogens with zero attached hydrogens (tertiary/aromatic N) is 3. The Bertz CT molecular complexity index is 393. The van der Waals surface area contributed by atoms with Gasteiger partial charge in [0.25, 0.3) is 0 Å². The van der Waals surface area contributed by atoms with Gasteiger partial charge < -0.3 is 15.4 Å². The van der Waals surface area contributed by atoms with Crippen LogP contribution in [0, 0.1) is 5.92 Å². The molecule has 6 heteroatoms. The van der Waals surface area contributed by atoms with Crippen LogP contribution in [0.5, 0.6) is 0 Å². The van der Waals surface area contributed by atoms with Crippen LogP contribution >= 0.6 is 0 Å². The molecule has 0 bridgehead atoms. The van der Waals surface area contributed by atoms with E-state index >= 15 is 0 Å². The molecule has 0 aliphatic carbocycles. The van der Waals surface area contributed by atoms with Gasteiger partial charge in [0.1, 0.15) is 5.82 Å². The molecular formula is C14H25N5O. The first-order valence-electron chi connectivity index (χ1n) is 7.35. The van der Waals surface area contributed by atoms with Gasteiger partial charge in [0.2, 0.25) is 5.95 Å². The van der Waals surface area contributed by atoms with Crippen molar-refractivity contribution in [1.29, 1.82) is 0 Å². The summed E-state index contributed by atoms with van der Waals surface area (Å²) in [5.41, 5.74) is 0. The first-order valence-corrected chi connectivity index (χ1v) is 7.35. The largest absolute Gasteiger partial charge is 0.379 e. The summed E-state index contributed by atoms with van der Waals surface area (Å²) in [5.74, 6) is 2.14. The fourth-order valence-corrected chi connectivity index (χ4v) is 2.00. The highest BCUT2D eigenvalue weighted by molar-refractivity contribution is 5.39. The van der Waals surface area contributed by atoms with Crippen molar-refractivity contribution in [2.45, 2.75) is 13.8 Å². The Labute approximate surface area is 120 Å². The summed E-state index contributed by atoms with van der Waals surface area (Å²) in [4.78, 5) is 11.1. The van der Waals surface area contributed by atoms with Gasteiger partial charge in [-0.25, -0.2) is 4.98 Å². The van der Waals surface area contributed by atoms with Crippen molar-refractivity contribution in [3.63, 3.8) is 0 Å². The maximum atomic E-state index is 5.34. The van der Waals surface area contributed by atoms with E-state index in [9.17, 15) is 0 Å². The molecule has 1 aromatic heterocycles. The highest BCUT2D eigenvalue weighted by Gasteiger charge is 2.09. The Morgan fingerprint density at radius 3 is 2.85 bits per heavy atom. The number of morpholine rings is 1. The number of hydrogen-bond acceptors (Lipinski definition) is 6. The van der Waals surface area contributed by atoms with Crippen molar-refractivity contribution < 1.29 is 4.74 Å². The minimum absolute atomic E-state index is 0.580. The first kappa shape index (κ1) is 15.0. The SMILES string of the molecule is CC(C)CNc1nccc(NCCN2CCOCC2)n1. The van der Waals surface area contributed by atoms with E-state index < -0.39 is 0 Å². The van der Waals surface area contributed by atoms with E-state index in [1.54, 1.807) is 6.20 Å². The standard InChI is InChI=1S/C14H25N5O/c1-12(2)11-17-14-16-4-3-13(18-14)15-5-6-19-7-9-20-10-8-19/h3-4,12H,5-11H2,1-2H3,(H2,15,16,17,18). The number of nitrogens with one attached hydrogen (secondary N) is 2. The van der Waals surface area contributed by atoms with Crippen LogP contribution in [-0.2, 0) is 4.74 Å². The molecule has 2 rings (SSSR count). The molecule has 1 aliphatic rings. The van der Waals surface area contributed by atoms with Crippen molar-refractivity contribution in [2.24, 2.45) is 5.92 Å². The highest BCUT2D eigenvalue weighted by Crippen LogP contribution is 2.06. The van der Waals surface area contributed by atoms with Crippen LogP contribution in [0.1, 0.15) is 13.8 Å². The molecule has 2 heterocycles. The molecule has 1 fully saturated rings. The number of ether oxygens (including phenoxy) is 1. The lowest BCUT2D eigenvalue weighted by atomic mass is 10.2. The lowest BCUT2D eigenvalue weighted by Crippen LogP contribution is -2.39. The first-order chi connectivity index (χ1) is 9.74. The lowest BCUT2D eigenvalue weighted by Gasteiger charge is -2.26. The Morgan fingerprint density at radius 1 is 1.30 bits per heavy atom. The summed E-state index contributed by atoms with van der Waals surface area (Å²) in [6.07, 6.45) is 1.78. The Kier molecular flexibility index (Phi) is 6.01. The van der Waals surface area contributed by atoms with Gasteiger partial charge in [-0.1, -0.05) is 13.8 Å². The van der Waals surface area contributed by atoms with Crippen LogP contribution in [0.3, 0.4) is 0 Å². The van der Waals surface area contributed by atoms with E-state index in [1.165, 1.54) is 0 Å². The van der Waals surface area contributed by atoms with Gasteiger partial charge in [-0.3, -0.25) is 4.90 Å². The normalized spacial score (nSPS) is 16.4. The second kappa shape index (κ2) is 8.01. The van der Waals surface area contributed by atoms with Crippen molar-refractivity contribution >= 4 is 11.8 Å². The molecule has 0 amide bonds. The molecule has 0 atom stereocenters. The molecule has 20 heavy (non-hydrogen) atoms. The predicted molar refractivity (Wildman–Crippen MR) is 81.1 cm³/mol. The third kappa shape index (κ3) is 5.30. The van der Waals surface area contributed by atoms with Crippen molar-refractivity contribution in [3.8, 4) is 0 Å². The fourth-order valence-electron chi connectivity index (χ4n) is 2.00. The second-order valence-corrected chi connectivity index (χ2v) is 5.42. The molecule has 1 aliphatic heterocycles. The summed E-state index contributed by atoms with van der Waals surface area (Å²) in [7, 11) is 0. The minimum Gasteiger partial charge on any atom is -0.379 e. The minimum atomic E-state index is 0.580. The van der Waals surface area contributed by atoms with E-state index in [4.69, 9.17) is 4.74 Å². The van der Waals surface area contributed by atoms with Gasteiger partial charge in [-0.05, 0) is 12.0 Å². The molecule has 0 aromatic carbocycles. The topological polar surface area (TPSA) is 62.3 Å². The molecule has 0 spiro atoms. The highest BCUT2D eigenvalue weighted by atomic mass is 16.5. The summed E-state index contributed by atoms with van der Waals surface area (Å²) < 4.78 is 5.34. The van der Waals surface area contributed by atoms with E-state index in [-0.39, 0.29) is 0 Å². The van der Waals surface area contributed by atoms with E-state index in [0.29, 0.717) is 11.9 Å². The number of hydrogen-bond donors (Lipinski definition) is 2. The predicted octanol–water partition coefficient (Wildman–Crippen LogP) is 1.29. The second-order valence-electron chi connectivity index (χ2n) is 5.42. The van der Waals surface area contributed by atoms with Gasteiger partial charge >= 0.3 is 0 Å². The summed E-state index contributed by atoms with van der Waals surface area (Å²) in [6.45, 7) is 10.8. The van der Waals surface area contributed by atoms with Crippen LogP contribution in [0.4, 0.5) is 11.8 Å². The molecule has 1 saturated heterocycles. The third-order valence-corrected chi connectivity index (χ3v) is 3.16. The van der Waals surface area contributed by atoms with Crippen LogP contribution < -0.4 is 10.6 Å². The number of aromatic nitrogens is 2. The van der Waals surface area contributed by atoms with Gasteiger partial charge in [0, 0.05) is 38.9 Å². The third-order valence-electron chi connectivity index (χ3n) is 3.16. The molecule has 0 radical (unpaired) electrons. The summed E-state index contributed by atoms with van der Waals surface area (Å²) in [5, 5.41) is 6.58. The van der Waals surface area contributed by atoms with Crippen LogP contribution in [0.2, 0.25) is 0 Å². The number of rotatable bonds is 7. The lowest BCUT2D eigenvalue weighted by molar-refractivity contribution is 0.0398. The number of anilines is 2. The Hall–Kier alpha value is -1.40. The van der Waals surface area contributed by atoms with Crippen molar-refractivity contribution in [2.75, 3.05) is 56.6 Å². The van der Waals surface area contributed by atoms with Crippen molar-refractivity contribution in [3.05, 3.63) is 12.3 Å². The van der Waals surface area contributed by atoms with E-state index in [2.05, 4.69) is 39.3 Å². The van der Waals surface area contributed by atoms with Gasteiger partial charge in [0.05, 0.1) is 13.2 Å². The Balaban J connectivity index is 1.73. The molecule has 6 nitrogen and oxygen atoms in total. The maximum absolute atomic E-state index is 5.34. The van der Waals surface area contributed by atoms with E-state index in [1.807, 2.05) is 6.07 Å². The van der Waals surface area contributed by atoms with Gasteiger partial charge in [-0.2, -0.15) is 4.98 Å². The van der Waals surface area contributed by atoms with Crippen LogP contribution in [0.25, 0.3) is 0 Å². The average Bonchev–Trinajstić information content (AvgIpc) is 2.47. The maximum Gasteiger partial charge on any atom is 0.224 e. The average molecular weight is 279 g/mol. The molecule has 112 valence electrons. The van der Waals surface area contributed by atoms with Crippen LogP contribution in [-0.4, -0.2) is 60.8 Å². The van der Waals surface area contributed by atoms with Crippen LogP contribution in [0.15, 0.2) is 12.3 Å². The Morgan fingerprint density at radius 2 is 2.10 bits per heavy atom. The molecule has 0 saturated carbocycles. The van der Waals surface area contributed by atoms with Crippen molar-refractivity contribution in [1.82, 2.24) is 14.9 Å². The smallest absolute Gasteiger partial charge is 0.224 e. The monoisotopic (exact) mass is 279 g/mol. The zero-order chi connectivity index (χ0) is 14.2. The molecule has 2 N–H and O–H groups in total. The molecule has 0 unspecified atom stereocenters. The van der Waals surface area contributed by atoms with E-state index in [0.717, 1.165) is 51.8 Å². The van der Waals surface area contributed by atoms with Gasteiger partial charge in [-0.15, -0.1) is 0 Å². The molecule has 1 aromatic rings. The summed E-state index contributed by atoms with van der Waals surface area (Å²) >= 11 is 0. The zero-order valence-corrected chi connectivity index (χ0v) is 12.4. The molecular weight excluding hydrogens is 254 g/mol. The fraction of sp³-hybridized carbons (Fsp3) is 0.714. The zero-order valence-electron chi connectivity index (χ0n) is 12.4.